The van der Waals surface area contributed by atoms with Crippen LogP contribution in [0.3, 0.4) is 0 Å². The van der Waals surface area contributed by atoms with E-state index in [1.807, 2.05) is 0 Å². The molecule has 3 N–H and O–H groups in total. The monoisotopic (exact) mass is 409 g/mol. The molecule has 150 valence electrons. The molecule has 5 nitrogen and oxygen atoms in total. The van der Waals surface area contributed by atoms with Crippen LogP contribution in [0, 0.1) is 11.6 Å². The highest BCUT2D eigenvalue weighted by atomic mass is 35.5. The SMILES string of the molecule is Cl.O=C(CNC(=O)c1ccccc1)NC1CNCCC1c1ccc(F)c(F)c1. The highest BCUT2D eigenvalue weighted by Gasteiger charge is 2.28. The summed E-state index contributed by atoms with van der Waals surface area (Å²) in [5.74, 6) is -2.58. The van der Waals surface area contributed by atoms with Crippen molar-refractivity contribution >= 4 is 24.2 Å². The van der Waals surface area contributed by atoms with Gasteiger partial charge < -0.3 is 16.0 Å². The molecule has 28 heavy (non-hydrogen) atoms. The lowest BCUT2D eigenvalue weighted by Gasteiger charge is -2.33. The quantitative estimate of drug-likeness (QED) is 0.710. The maximum Gasteiger partial charge on any atom is 0.251 e. The second-order valence-corrected chi connectivity index (χ2v) is 6.50. The minimum Gasteiger partial charge on any atom is -0.350 e. The Bertz CT molecular complexity index is 820. The highest BCUT2D eigenvalue weighted by molar-refractivity contribution is 5.96. The summed E-state index contributed by atoms with van der Waals surface area (Å²) in [6, 6.07) is 12.2. The Hall–Kier alpha value is -2.51. The standard InChI is InChI=1S/C20H21F2N3O2.ClH/c21-16-7-6-14(10-17(16)22)15-8-9-23-11-18(15)25-19(26)12-24-20(27)13-4-2-1-3-5-13;/h1-7,10,15,18,23H,8-9,11-12H2,(H,24,27)(H,25,26);1H. The first-order chi connectivity index (χ1) is 13.0. The lowest BCUT2D eigenvalue weighted by molar-refractivity contribution is -0.121. The summed E-state index contributed by atoms with van der Waals surface area (Å²) in [5.41, 5.74) is 1.12. The molecule has 0 saturated carbocycles. The molecule has 0 aromatic heterocycles. The Labute approximate surface area is 168 Å². The molecule has 0 aliphatic carbocycles. The third kappa shape index (κ3) is 5.50. The average Bonchev–Trinajstić information content (AvgIpc) is 2.69. The van der Waals surface area contributed by atoms with Crippen molar-refractivity contribution in [2.24, 2.45) is 0 Å². The fraction of sp³-hybridized carbons (Fsp3) is 0.300. The highest BCUT2D eigenvalue weighted by Crippen LogP contribution is 2.26. The van der Waals surface area contributed by atoms with Gasteiger partial charge in [-0.05, 0) is 42.8 Å². The number of carbonyl (C=O) groups excluding carboxylic acids is 2. The minimum absolute atomic E-state index is 0. The van der Waals surface area contributed by atoms with Gasteiger partial charge in [0.15, 0.2) is 11.6 Å². The summed E-state index contributed by atoms with van der Waals surface area (Å²) in [5, 5.41) is 8.64. The molecule has 1 fully saturated rings. The van der Waals surface area contributed by atoms with Crippen LogP contribution < -0.4 is 16.0 Å². The fourth-order valence-corrected chi connectivity index (χ4v) is 3.26. The molecular weight excluding hydrogens is 388 g/mol. The number of amides is 2. The molecule has 1 saturated heterocycles. The van der Waals surface area contributed by atoms with E-state index in [1.165, 1.54) is 6.07 Å². The molecule has 2 amide bonds. The molecule has 2 aromatic rings. The summed E-state index contributed by atoms with van der Waals surface area (Å²) in [7, 11) is 0. The number of halogens is 3. The first-order valence-corrected chi connectivity index (χ1v) is 8.83. The molecule has 2 unspecified atom stereocenters. The van der Waals surface area contributed by atoms with Gasteiger partial charge in [0.25, 0.3) is 5.91 Å². The van der Waals surface area contributed by atoms with Gasteiger partial charge in [0.05, 0.1) is 6.54 Å². The van der Waals surface area contributed by atoms with Crippen LogP contribution in [0.1, 0.15) is 28.3 Å². The van der Waals surface area contributed by atoms with E-state index in [-0.39, 0.29) is 42.7 Å². The summed E-state index contributed by atoms with van der Waals surface area (Å²) < 4.78 is 26.8. The number of piperidine rings is 1. The molecule has 0 spiro atoms. The first-order valence-electron chi connectivity index (χ1n) is 8.83. The van der Waals surface area contributed by atoms with Crippen molar-refractivity contribution in [3.05, 3.63) is 71.3 Å². The van der Waals surface area contributed by atoms with Crippen LogP contribution in [0.15, 0.2) is 48.5 Å². The van der Waals surface area contributed by atoms with Crippen LogP contribution in [-0.2, 0) is 4.79 Å². The van der Waals surface area contributed by atoms with Crippen molar-refractivity contribution in [3.8, 4) is 0 Å². The van der Waals surface area contributed by atoms with Gasteiger partial charge in [-0.1, -0.05) is 24.3 Å². The van der Waals surface area contributed by atoms with E-state index in [0.29, 0.717) is 24.1 Å². The van der Waals surface area contributed by atoms with Crippen LogP contribution in [0.4, 0.5) is 8.78 Å². The fourth-order valence-electron chi connectivity index (χ4n) is 3.26. The number of carbonyl (C=O) groups is 2. The third-order valence-electron chi connectivity index (χ3n) is 4.65. The van der Waals surface area contributed by atoms with Gasteiger partial charge in [0.1, 0.15) is 0 Å². The Morgan fingerprint density at radius 2 is 1.82 bits per heavy atom. The van der Waals surface area contributed by atoms with Gasteiger partial charge in [0, 0.05) is 24.1 Å². The average molecular weight is 410 g/mol. The molecule has 0 radical (unpaired) electrons. The molecule has 1 heterocycles. The second-order valence-electron chi connectivity index (χ2n) is 6.50. The first kappa shape index (κ1) is 21.8. The molecule has 2 aromatic carbocycles. The largest absolute Gasteiger partial charge is 0.350 e. The van der Waals surface area contributed by atoms with E-state index >= 15 is 0 Å². The predicted molar refractivity (Wildman–Crippen MR) is 105 cm³/mol. The van der Waals surface area contributed by atoms with Crippen LogP contribution in [0.2, 0.25) is 0 Å². The molecular formula is C20H22ClF2N3O2. The van der Waals surface area contributed by atoms with Gasteiger partial charge in [-0.15, -0.1) is 12.4 Å². The van der Waals surface area contributed by atoms with E-state index < -0.39 is 11.6 Å². The van der Waals surface area contributed by atoms with Gasteiger partial charge in [-0.2, -0.15) is 0 Å². The summed E-state index contributed by atoms with van der Waals surface area (Å²) in [4.78, 5) is 24.3. The zero-order chi connectivity index (χ0) is 19.2. The predicted octanol–water partition coefficient (Wildman–Crippen LogP) is 2.38. The Morgan fingerprint density at radius 3 is 2.54 bits per heavy atom. The van der Waals surface area contributed by atoms with Crippen LogP contribution in [-0.4, -0.2) is 37.5 Å². The Kier molecular flexibility index (Phi) is 7.90. The lowest BCUT2D eigenvalue weighted by Crippen LogP contribution is -2.52. The molecule has 0 bridgehead atoms. The van der Waals surface area contributed by atoms with Crippen LogP contribution in [0.5, 0.6) is 0 Å². The molecule has 3 rings (SSSR count). The van der Waals surface area contributed by atoms with E-state index in [2.05, 4.69) is 16.0 Å². The van der Waals surface area contributed by atoms with E-state index in [4.69, 9.17) is 0 Å². The van der Waals surface area contributed by atoms with Crippen molar-refractivity contribution in [2.75, 3.05) is 19.6 Å². The van der Waals surface area contributed by atoms with Crippen molar-refractivity contribution in [1.82, 2.24) is 16.0 Å². The third-order valence-corrected chi connectivity index (χ3v) is 4.65. The topological polar surface area (TPSA) is 70.2 Å². The van der Waals surface area contributed by atoms with Gasteiger partial charge in [-0.3, -0.25) is 9.59 Å². The maximum atomic E-state index is 13.6. The molecule has 8 heteroatoms. The zero-order valence-corrected chi connectivity index (χ0v) is 15.9. The van der Waals surface area contributed by atoms with Crippen LogP contribution >= 0.6 is 12.4 Å². The van der Waals surface area contributed by atoms with Gasteiger partial charge >= 0.3 is 0 Å². The minimum atomic E-state index is -0.897. The number of benzene rings is 2. The number of hydrogen-bond donors (Lipinski definition) is 3. The smallest absolute Gasteiger partial charge is 0.251 e. The number of rotatable bonds is 5. The summed E-state index contributed by atoms with van der Waals surface area (Å²) >= 11 is 0. The summed E-state index contributed by atoms with van der Waals surface area (Å²) in [6.07, 6.45) is 0.687. The van der Waals surface area contributed by atoms with E-state index in [1.54, 1.807) is 36.4 Å². The van der Waals surface area contributed by atoms with Crippen molar-refractivity contribution in [1.29, 1.82) is 0 Å². The van der Waals surface area contributed by atoms with Crippen molar-refractivity contribution in [3.63, 3.8) is 0 Å². The van der Waals surface area contributed by atoms with Crippen LogP contribution in [0.25, 0.3) is 0 Å². The molecule has 2 atom stereocenters. The van der Waals surface area contributed by atoms with Gasteiger partial charge in [0.2, 0.25) is 5.91 Å². The number of nitrogens with one attached hydrogen (secondary N) is 3. The van der Waals surface area contributed by atoms with Crippen molar-refractivity contribution < 1.29 is 18.4 Å². The van der Waals surface area contributed by atoms with Crippen molar-refractivity contribution in [2.45, 2.75) is 18.4 Å². The molecule has 1 aliphatic heterocycles. The maximum absolute atomic E-state index is 13.6. The van der Waals surface area contributed by atoms with Gasteiger partial charge in [-0.25, -0.2) is 8.78 Å². The molecule has 1 aliphatic rings. The zero-order valence-electron chi connectivity index (χ0n) is 15.1. The Balaban J connectivity index is 0.00000280. The second kappa shape index (κ2) is 10.1. The normalized spacial score (nSPS) is 18.6. The number of hydrogen-bond acceptors (Lipinski definition) is 3. The van der Waals surface area contributed by atoms with E-state index in [0.717, 1.165) is 12.6 Å². The van der Waals surface area contributed by atoms with E-state index in [9.17, 15) is 18.4 Å². The summed E-state index contributed by atoms with van der Waals surface area (Å²) in [6.45, 7) is 1.08. The Morgan fingerprint density at radius 1 is 1.07 bits per heavy atom. The lowest BCUT2D eigenvalue weighted by atomic mass is 9.86.